The standard InChI is InChI=1S/C35H35F4N7O/c1-23-6-7-25(17-24(23)9-11-29-20-40-32-31(5-4-14-46(29)32)42-28-19-41-44(3)22-28)33(47)43-27-10-8-26(30(18-27)35(37,38)39)21-45-15-12-34(2,36)13-16-45/h4-8,10,14,17-18,20,22,41-42H,12-13,15-16,19,21H2,1-3H3,(H,43,47). The van der Waals surface area contributed by atoms with E-state index in [9.17, 15) is 22.4 Å². The Morgan fingerprint density at radius 3 is 2.62 bits per heavy atom. The number of piperidine rings is 1. The largest absolute Gasteiger partial charge is 0.416 e. The van der Waals surface area contributed by atoms with Crippen molar-refractivity contribution in [2.75, 3.05) is 37.3 Å². The Morgan fingerprint density at radius 2 is 1.89 bits per heavy atom. The fourth-order valence-corrected chi connectivity index (χ4v) is 5.69. The third-order valence-corrected chi connectivity index (χ3v) is 8.49. The number of hydrogen-bond donors (Lipinski definition) is 3. The summed E-state index contributed by atoms with van der Waals surface area (Å²) in [6.45, 7) is 4.87. The molecule has 0 bridgehead atoms. The van der Waals surface area contributed by atoms with Crippen molar-refractivity contribution in [1.82, 2.24) is 24.7 Å². The molecule has 2 aliphatic heterocycles. The normalized spacial score (nSPS) is 16.5. The van der Waals surface area contributed by atoms with Gasteiger partial charge in [0.2, 0.25) is 0 Å². The molecule has 0 spiro atoms. The van der Waals surface area contributed by atoms with Crippen LogP contribution >= 0.6 is 0 Å². The van der Waals surface area contributed by atoms with E-state index in [0.717, 1.165) is 23.0 Å². The van der Waals surface area contributed by atoms with Crippen molar-refractivity contribution in [2.24, 2.45) is 0 Å². The molecule has 8 nitrogen and oxygen atoms in total. The van der Waals surface area contributed by atoms with Crippen LogP contribution in [0.4, 0.5) is 28.9 Å². The SMILES string of the molecule is Cc1ccc(C(=O)Nc2ccc(CN3CCC(C)(F)CC3)c(C(F)(F)F)c2)cc1C#Cc1cnc2c(NC3=CN(C)NC3)cccn12. The van der Waals surface area contributed by atoms with Crippen LogP contribution in [0.2, 0.25) is 0 Å². The summed E-state index contributed by atoms with van der Waals surface area (Å²) in [5.41, 5.74) is 6.06. The van der Waals surface area contributed by atoms with Crippen molar-refractivity contribution in [3.63, 3.8) is 0 Å². The average Bonchev–Trinajstić information content (AvgIpc) is 3.64. The summed E-state index contributed by atoms with van der Waals surface area (Å²) in [4.78, 5) is 19.6. The van der Waals surface area contributed by atoms with Crippen molar-refractivity contribution in [1.29, 1.82) is 0 Å². The molecule has 4 aromatic rings. The highest BCUT2D eigenvalue weighted by Crippen LogP contribution is 2.35. The minimum atomic E-state index is -4.62. The molecule has 0 radical (unpaired) electrons. The van der Waals surface area contributed by atoms with Crippen LogP contribution in [0.5, 0.6) is 0 Å². The van der Waals surface area contributed by atoms with E-state index >= 15 is 0 Å². The molecule has 0 unspecified atom stereocenters. The highest BCUT2D eigenvalue weighted by Gasteiger charge is 2.35. The van der Waals surface area contributed by atoms with Gasteiger partial charge in [0.05, 0.1) is 24.0 Å². The first-order chi connectivity index (χ1) is 22.3. The topological polar surface area (TPSA) is 76.9 Å². The number of rotatable bonds is 6. The Labute approximate surface area is 270 Å². The molecule has 1 fully saturated rings. The molecule has 244 valence electrons. The third kappa shape index (κ3) is 7.42. The van der Waals surface area contributed by atoms with Crippen molar-refractivity contribution in [3.05, 3.63) is 106 Å². The van der Waals surface area contributed by atoms with E-state index in [1.807, 2.05) is 52.8 Å². The zero-order chi connectivity index (χ0) is 33.3. The maximum atomic E-state index is 14.2. The van der Waals surface area contributed by atoms with Gasteiger partial charge in [0.25, 0.3) is 5.91 Å². The van der Waals surface area contributed by atoms with Crippen LogP contribution in [0.1, 0.15) is 58.1 Å². The van der Waals surface area contributed by atoms with E-state index in [1.165, 1.54) is 19.1 Å². The molecule has 12 heteroatoms. The number of aromatic nitrogens is 2. The van der Waals surface area contributed by atoms with Crippen LogP contribution in [0.15, 0.2) is 72.8 Å². The molecule has 0 aliphatic carbocycles. The maximum Gasteiger partial charge on any atom is 0.416 e. The van der Waals surface area contributed by atoms with Gasteiger partial charge in [0.15, 0.2) is 5.65 Å². The van der Waals surface area contributed by atoms with Crippen LogP contribution in [0, 0.1) is 18.8 Å². The molecule has 6 rings (SSSR count). The third-order valence-electron chi connectivity index (χ3n) is 8.49. The predicted molar refractivity (Wildman–Crippen MR) is 173 cm³/mol. The van der Waals surface area contributed by atoms with Crippen LogP contribution in [0.3, 0.4) is 0 Å². The van der Waals surface area contributed by atoms with Gasteiger partial charge in [-0.3, -0.25) is 14.1 Å². The lowest BCUT2D eigenvalue weighted by Crippen LogP contribution is -2.39. The first-order valence-corrected chi connectivity index (χ1v) is 15.3. The summed E-state index contributed by atoms with van der Waals surface area (Å²) in [5, 5.41) is 7.87. The van der Waals surface area contributed by atoms with Crippen molar-refractivity contribution in [2.45, 2.75) is 45.1 Å². The summed E-state index contributed by atoms with van der Waals surface area (Å²) >= 11 is 0. The molecule has 2 aromatic carbocycles. The fourth-order valence-electron chi connectivity index (χ4n) is 5.69. The number of carbonyl (C=O) groups excluding carboxylic acids is 1. The second-order valence-corrected chi connectivity index (χ2v) is 12.3. The molecule has 4 heterocycles. The number of hydrogen-bond acceptors (Lipinski definition) is 6. The van der Waals surface area contributed by atoms with Crippen molar-refractivity contribution < 1.29 is 22.4 Å². The number of benzene rings is 2. The number of halogens is 4. The molecule has 47 heavy (non-hydrogen) atoms. The van der Waals surface area contributed by atoms with Gasteiger partial charge in [-0.25, -0.2) is 14.8 Å². The number of nitrogens with one attached hydrogen (secondary N) is 3. The zero-order valence-corrected chi connectivity index (χ0v) is 26.3. The molecule has 1 amide bonds. The highest BCUT2D eigenvalue weighted by atomic mass is 19.4. The van der Waals surface area contributed by atoms with Gasteiger partial charge in [-0.2, -0.15) is 13.2 Å². The van der Waals surface area contributed by atoms with Gasteiger partial charge in [-0.15, -0.1) is 0 Å². The average molecular weight is 646 g/mol. The number of fused-ring (bicyclic) bond motifs is 1. The number of alkyl halides is 4. The first kappa shape index (κ1) is 32.1. The van der Waals surface area contributed by atoms with Gasteiger partial charge in [0, 0.05) is 61.6 Å². The second-order valence-electron chi connectivity index (χ2n) is 12.3. The molecule has 1 saturated heterocycles. The Morgan fingerprint density at radius 1 is 1.11 bits per heavy atom. The summed E-state index contributed by atoms with van der Waals surface area (Å²) < 4.78 is 58.3. The van der Waals surface area contributed by atoms with Crippen LogP contribution in [-0.2, 0) is 12.7 Å². The number of nitrogens with zero attached hydrogens (tertiary/aromatic N) is 4. The minimum Gasteiger partial charge on any atom is -0.354 e. The summed E-state index contributed by atoms with van der Waals surface area (Å²) in [6.07, 6.45) is 1.44. The Bertz CT molecular complexity index is 1910. The highest BCUT2D eigenvalue weighted by molar-refractivity contribution is 6.04. The number of aryl methyl sites for hydroxylation is 1. The number of likely N-dealkylation sites (tertiary alicyclic amines) is 1. The van der Waals surface area contributed by atoms with Gasteiger partial charge in [-0.05, 0) is 80.1 Å². The number of anilines is 2. The van der Waals surface area contributed by atoms with E-state index in [2.05, 4.69) is 32.9 Å². The maximum absolute atomic E-state index is 14.2. The predicted octanol–water partition coefficient (Wildman–Crippen LogP) is 6.34. The van der Waals surface area contributed by atoms with E-state index in [1.54, 1.807) is 24.4 Å². The molecule has 2 aromatic heterocycles. The Hall–Kier alpha value is -4.86. The quantitative estimate of drug-likeness (QED) is 0.168. The van der Waals surface area contributed by atoms with Gasteiger partial charge in [0.1, 0.15) is 11.4 Å². The van der Waals surface area contributed by atoms with Gasteiger partial charge >= 0.3 is 6.18 Å². The molecule has 0 atom stereocenters. The van der Waals surface area contributed by atoms with Crippen LogP contribution in [0.25, 0.3) is 5.65 Å². The fraction of sp³-hybridized carbons (Fsp3) is 0.314. The lowest BCUT2D eigenvalue weighted by Gasteiger charge is -2.34. The van der Waals surface area contributed by atoms with E-state index in [0.29, 0.717) is 36.5 Å². The molecular weight excluding hydrogens is 610 g/mol. The summed E-state index contributed by atoms with van der Waals surface area (Å²) in [5.74, 6) is 5.72. The minimum absolute atomic E-state index is 0.0280. The number of hydrazine groups is 1. The van der Waals surface area contributed by atoms with E-state index in [4.69, 9.17) is 0 Å². The van der Waals surface area contributed by atoms with E-state index in [-0.39, 0.29) is 36.2 Å². The van der Waals surface area contributed by atoms with Gasteiger partial charge < -0.3 is 15.6 Å². The summed E-state index contributed by atoms with van der Waals surface area (Å²) in [6, 6.07) is 12.6. The number of pyridine rings is 1. The molecule has 2 aliphatic rings. The zero-order valence-electron chi connectivity index (χ0n) is 26.3. The van der Waals surface area contributed by atoms with Gasteiger partial charge in [-0.1, -0.05) is 18.1 Å². The molecule has 0 saturated carbocycles. The first-order valence-electron chi connectivity index (χ1n) is 15.3. The number of imidazole rings is 1. The Balaban J connectivity index is 1.19. The number of amides is 1. The second kappa shape index (κ2) is 12.7. The van der Waals surface area contributed by atoms with Crippen molar-refractivity contribution >= 4 is 22.9 Å². The smallest absolute Gasteiger partial charge is 0.354 e. The van der Waals surface area contributed by atoms with Crippen LogP contribution < -0.4 is 16.1 Å². The Kier molecular flexibility index (Phi) is 8.70. The lowest BCUT2D eigenvalue weighted by molar-refractivity contribution is -0.138. The summed E-state index contributed by atoms with van der Waals surface area (Å²) in [7, 11) is 1.92. The van der Waals surface area contributed by atoms with Crippen LogP contribution in [-0.4, -0.2) is 57.6 Å². The monoisotopic (exact) mass is 645 g/mol. The molecule has 3 N–H and O–H groups in total. The number of carbonyl (C=O) groups is 1. The van der Waals surface area contributed by atoms with E-state index < -0.39 is 23.3 Å². The molecular formula is C35H35F4N7O. The van der Waals surface area contributed by atoms with Crippen molar-refractivity contribution in [3.8, 4) is 11.8 Å². The lowest BCUT2D eigenvalue weighted by atomic mass is 9.95.